The summed E-state index contributed by atoms with van der Waals surface area (Å²) in [4.78, 5) is 16.2. The van der Waals surface area contributed by atoms with E-state index in [4.69, 9.17) is 0 Å². The van der Waals surface area contributed by atoms with Crippen LogP contribution in [0.3, 0.4) is 0 Å². The number of carbonyl (C=O) groups is 1. The van der Waals surface area contributed by atoms with Crippen LogP contribution in [0.15, 0.2) is 18.3 Å². The van der Waals surface area contributed by atoms with Crippen LogP contribution in [0.4, 0.5) is 19.0 Å². The van der Waals surface area contributed by atoms with Gasteiger partial charge in [-0.2, -0.15) is 13.2 Å². The van der Waals surface area contributed by atoms with E-state index in [0.717, 1.165) is 12.3 Å². The SMILES string of the molecule is CNC(=O)CN(C)c1ccc(C(F)(F)F)cn1. The van der Waals surface area contributed by atoms with Crippen LogP contribution in [-0.4, -0.2) is 31.5 Å². The summed E-state index contributed by atoms with van der Waals surface area (Å²) in [7, 11) is 3.06. The number of likely N-dealkylation sites (N-methyl/N-ethyl adjacent to an activating group) is 2. The standard InChI is InChI=1S/C10H12F3N3O/c1-14-9(17)6-16(2)8-4-3-7(5-15-8)10(11,12)13/h3-5H,6H2,1-2H3,(H,14,17). The van der Waals surface area contributed by atoms with Gasteiger partial charge in [-0.3, -0.25) is 4.79 Å². The fraction of sp³-hybridized carbons (Fsp3) is 0.400. The predicted octanol–water partition coefficient (Wildman–Crippen LogP) is 1.28. The first-order chi connectivity index (χ1) is 7.84. The highest BCUT2D eigenvalue weighted by molar-refractivity contribution is 5.80. The van der Waals surface area contributed by atoms with Gasteiger partial charge in [-0.05, 0) is 12.1 Å². The Morgan fingerprint density at radius 2 is 2.12 bits per heavy atom. The highest BCUT2D eigenvalue weighted by atomic mass is 19.4. The number of halogens is 3. The molecule has 1 rings (SSSR count). The highest BCUT2D eigenvalue weighted by Gasteiger charge is 2.30. The molecule has 0 aliphatic heterocycles. The van der Waals surface area contributed by atoms with E-state index in [1.54, 1.807) is 7.05 Å². The summed E-state index contributed by atoms with van der Waals surface area (Å²) in [6, 6.07) is 2.16. The maximum absolute atomic E-state index is 12.3. The summed E-state index contributed by atoms with van der Waals surface area (Å²) in [5.74, 6) is 0.0656. The fourth-order valence-corrected chi connectivity index (χ4v) is 1.16. The van der Waals surface area contributed by atoms with E-state index in [1.165, 1.54) is 18.0 Å². The molecule has 0 aliphatic carbocycles. The van der Waals surface area contributed by atoms with Crippen LogP contribution in [0.2, 0.25) is 0 Å². The van der Waals surface area contributed by atoms with Crippen molar-refractivity contribution >= 4 is 11.7 Å². The molecule has 0 atom stereocenters. The molecule has 1 heterocycles. The molecular formula is C10H12F3N3O. The van der Waals surface area contributed by atoms with Gasteiger partial charge in [0.15, 0.2) is 0 Å². The zero-order valence-electron chi connectivity index (χ0n) is 9.38. The Morgan fingerprint density at radius 1 is 1.47 bits per heavy atom. The molecule has 1 aromatic heterocycles. The minimum absolute atomic E-state index is 0.0366. The van der Waals surface area contributed by atoms with E-state index in [-0.39, 0.29) is 12.5 Å². The minimum atomic E-state index is -4.40. The number of rotatable bonds is 3. The number of anilines is 1. The maximum atomic E-state index is 12.3. The zero-order valence-corrected chi connectivity index (χ0v) is 9.38. The molecule has 0 aromatic carbocycles. The van der Waals surface area contributed by atoms with Gasteiger partial charge in [0.2, 0.25) is 5.91 Å². The summed E-state index contributed by atoms with van der Waals surface area (Å²) in [6.07, 6.45) is -3.65. The number of alkyl halides is 3. The molecule has 0 unspecified atom stereocenters. The summed E-state index contributed by atoms with van der Waals surface area (Å²) >= 11 is 0. The molecule has 0 saturated carbocycles. The molecule has 1 aromatic rings. The van der Waals surface area contributed by atoms with Gasteiger partial charge in [-0.15, -0.1) is 0 Å². The first kappa shape index (κ1) is 13.3. The normalized spacial score (nSPS) is 11.1. The predicted molar refractivity (Wildman–Crippen MR) is 56.6 cm³/mol. The lowest BCUT2D eigenvalue weighted by Gasteiger charge is -2.17. The summed E-state index contributed by atoms with van der Waals surface area (Å²) in [5, 5.41) is 2.41. The number of pyridine rings is 1. The molecule has 94 valence electrons. The van der Waals surface area contributed by atoms with Crippen LogP contribution >= 0.6 is 0 Å². The summed E-state index contributed by atoms with van der Waals surface area (Å²) in [6.45, 7) is 0.0366. The molecule has 0 aliphatic rings. The number of carbonyl (C=O) groups excluding carboxylic acids is 1. The second kappa shape index (κ2) is 5.03. The third-order valence-corrected chi connectivity index (χ3v) is 2.13. The van der Waals surface area contributed by atoms with Crippen molar-refractivity contribution in [3.8, 4) is 0 Å². The van der Waals surface area contributed by atoms with E-state index in [2.05, 4.69) is 10.3 Å². The Morgan fingerprint density at radius 3 is 2.53 bits per heavy atom. The van der Waals surface area contributed by atoms with E-state index >= 15 is 0 Å². The Labute approximate surface area is 96.4 Å². The van der Waals surface area contributed by atoms with E-state index < -0.39 is 11.7 Å². The Bertz CT molecular complexity index is 389. The van der Waals surface area contributed by atoms with E-state index in [1.807, 2.05) is 0 Å². The smallest absolute Gasteiger partial charge is 0.358 e. The van der Waals surface area contributed by atoms with Crippen LogP contribution in [0, 0.1) is 0 Å². The monoisotopic (exact) mass is 247 g/mol. The number of hydrogen-bond acceptors (Lipinski definition) is 3. The maximum Gasteiger partial charge on any atom is 0.417 e. The first-order valence-corrected chi connectivity index (χ1v) is 4.79. The fourth-order valence-electron chi connectivity index (χ4n) is 1.16. The average molecular weight is 247 g/mol. The van der Waals surface area contributed by atoms with Crippen molar-refractivity contribution in [1.82, 2.24) is 10.3 Å². The van der Waals surface area contributed by atoms with Gasteiger partial charge in [0.1, 0.15) is 5.82 Å². The van der Waals surface area contributed by atoms with Crippen LogP contribution in [-0.2, 0) is 11.0 Å². The minimum Gasteiger partial charge on any atom is -0.358 e. The van der Waals surface area contributed by atoms with Gasteiger partial charge in [-0.25, -0.2) is 4.98 Å². The molecule has 0 bridgehead atoms. The third-order valence-electron chi connectivity index (χ3n) is 2.13. The number of aromatic nitrogens is 1. The van der Waals surface area contributed by atoms with Gasteiger partial charge in [0.05, 0.1) is 12.1 Å². The first-order valence-electron chi connectivity index (χ1n) is 4.79. The Balaban J connectivity index is 2.77. The molecule has 1 amide bonds. The van der Waals surface area contributed by atoms with Gasteiger partial charge in [0.25, 0.3) is 0 Å². The molecule has 0 saturated heterocycles. The lowest BCUT2D eigenvalue weighted by atomic mass is 10.2. The summed E-state index contributed by atoms with van der Waals surface area (Å²) < 4.78 is 36.8. The topological polar surface area (TPSA) is 45.2 Å². The van der Waals surface area contributed by atoms with Crippen molar-refractivity contribution in [2.24, 2.45) is 0 Å². The van der Waals surface area contributed by atoms with Crippen molar-refractivity contribution in [1.29, 1.82) is 0 Å². The van der Waals surface area contributed by atoms with Crippen molar-refractivity contribution in [3.05, 3.63) is 23.9 Å². The second-order valence-corrected chi connectivity index (χ2v) is 3.43. The van der Waals surface area contributed by atoms with Crippen LogP contribution in [0.1, 0.15) is 5.56 Å². The van der Waals surface area contributed by atoms with Crippen LogP contribution in [0.5, 0.6) is 0 Å². The number of hydrogen-bond donors (Lipinski definition) is 1. The Hall–Kier alpha value is -1.79. The van der Waals surface area contributed by atoms with Gasteiger partial charge >= 0.3 is 6.18 Å². The lowest BCUT2D eigenvalue weighted by molar-refractivity contribution is -0.137. The van der Waals surface area contributed by atoms with E-state index in [9.17, 15) is 18.0 Å². The third kappa shape index (κ3) is 3.61. The molecule has 7 heteroatoms. The van der Waals surface area contributed by atoms with Crippen molar-refractivity contribution in [2.75, 3.05) is 25.5 Å². The van der Waals surface area contributed by atoms with Crippen LogP contribution in [0.25, 0.3) is 0 Å². The molecule has 4 nitrogen and oxygen atoms in total. The van der Waals surface area contributed by atoms with Crippen molar-refractivity contribution in [3.63, 3.8) is 0 Å². The van der Waals surface area contributed by atoms with Crippen LogP contribution < -0.4 is 10.2 Å². The average Bonchev–Trinajstić information content (AvgIpc) is 2.27. The lowest BCUT2D eigenvalue weighted by Crippen LogP contribution is -2.33. The molecule has 1 N–H and O–H groups in total. The molecular weight excluding hydrogens is 235 g/mol. The zero-order chi connectivity index (χ0) is 13.1. The Kier molecular flexibility index (Phi) is 3.93. The number of nitrogens with zero attached hydrogens (tertiary/aromatic N) is 2. The summed E-state index contributed by atoms with van der Waals surface area (Å²) in [5.41, 5.74) is -0.811. The largest absolute Gasteiger partial charge is 0.417 e. The van der Waals surface area contributed by atoms with E-state index in [0.29, 0.717) is 5.82 Å². The number of amides is 1. The highest BCUT2D eigenvalue weighted by Crippen LogP contribution is 2.29. The quantitative estimate of drug-likeness (QED) is 0.875. The van der Waals surface area contributed by atoms with Gasteiger partial charge in [-0.1, -0.05) is 0 Å². The second-order valence-electron chi connectivity index (χ2n) is 3.43. The molecule has 0 spiro atoms. The van der Waals surface area contributed by atoms with Gasteiger partial charge in [0, 0.05) is 20.3 Å². The number of nitrogens with one attached hydrogen (secondary N) is 1. The van der Waals surface area contributed by atoms with Crippen molar-refractivity contribution < 1.29 is 18.0 Å². The van der Waals surface area contributed by atoms with Gasteiger partial charge < -0.3 is 10.2 Å². The molecule has 0 radical (unpaired) electrons. The molecule has 0 fully saturated rings. The van der Waals surface area contributed by atoms with Crippen molar-refractivity contribution in [2.45, 2.75) is 6.18 Å². The molecule has 17 heavy (non-hydrogen) atoms.